The van der Waals surface area contributed by atoms with Crippen LogP contribution in [0.2, 0.25) is 0 Å². The van der Waals surface area contributed by atoms with E-state index in [9.17, 15) is 8.42 Å². The topological polar surface area (TPSA) is 46.2 Å². The van der Waals surface area contributed by atoms with Crippen LogP contribution in [0.25, 0.3) is 0 Å². The minimum absolute atomic E-state index is 0.0397. The molecule has 0 saturated carbocycles. The predicted octanol–water partition coefficient (Wildman–Crippen LogP) is 1.20. The highest BCUT2D eigenvalue weighted by Crippen LogP contribution is 2.14. The predicted molar refractivity (Wildman–Crippen MR) is 56.7 cm³/mol. The molecule has 0 aliphatic rings. The SMILES string of the molecule is CC(C)(C)NCC(C)(C)S(C)(=O)=O. The fraction of sp³-hybridized carbons (Fsp3) is 1.00. The highest BCUT2D eigenvalue weighted by Gasteiger charge is 2.30. The summed E-state index contributed by atoms with van der Waals surface area (Å²) in [5, 5.41) is 3.19. The molecule has 13 heavy (non-hydrogen) atoms. The lowest BCUT2D eigenvalue weighted by Crippen LogP contribution is -2.48. The zero-order valence-electron chi connectivity index (χ0n) is 9.43. The Morgan fingerprint density at radius 2 is 1.46 bits per heavy atom. The Morgan fingerprint density at radius 3 is 1.69 bits per heavy atom. The summed E-state index contributed by atoms with van der Waals surface area (Å²) in [6.07, 6.45) is 1.28. The fourth-order valence-electron chi connectivity index (χ4n) is 0.609. The minimum atomic E-state index is -2.99. The zero-order chi connectivity index (χ0) is 10.9. The second-order valence-corrected chi connectivity index (χ2v) is 7.78. The second kappa shape index (κ2) is 3.58. The van der Waals surface area contributed by atoms with Gasteiger partial charge in [-0.15, -0.1) is 0 Å². The maximum Gasteiger partial charge on any atom is 0.153 e. The van der Waals surface area contributed by atoms with Gasteiger partial charge in [0.2, 0.25) is 0 Å². The first kappa shape index (κ1) is 12.9. The first-order valence-corrected chi connectivity index (χ1v) is 6.29. The Bertz CT molecular complexity index is 260. The molecule has 0 unspecified atom stereocenters. The molecular weight excluding hydrogens is 186 g/mol. The Hall–Kier alpha value is -0.0900. The van der Waals surface area contributed by atoms with Gasteiger partial charge in [-0.2, -0.15) is 0 Å². The summed E-state index contributed by atoms with van der Waals surface area (Å²) in [5.74, 6) is 0. The number of hydrogen-bond donors (Lipinski definition) is 1. The van der Waals surface area contributed by atoms with Crippen molar-refractivity contribution in [2.75, 3.05) is 12.8 Å². The Morgan fingerprint density at radius 1 is 1.08 bits per heavy atom. The third kappa shape index (κ3) is 4.62. The lowest BCUT2D eigenvalue weighted by Gasteiger charge is -2.28. The van der Waals surface area contributed by atoms with Crippen molar-refractivity contribution in [2.24, 2.45) is 0 Å². The molecule has 0 aliphatic carbocycles. The van der Waals surface area contributed by atoms with Gasteiger partial charge in [0.1, 0.15) is 0 Å². The van der Waals surface area contributed by atoms with Crippen LogP contribution < -0.4 is 5.32 Å². The Labute approximate surface area is 81.8 Å². The van der Waals surface area contributed by atoms with Gasteiger partial charge in [0, 0.05) is 18.3 Å². The molecular formula is C9H21NO2S. The van der Waals surface area contributed by atoms with Gasteiger partial charge < -0.3 is 5.32 Å². The first-order chi connectivity index (χ1) is 5.46. The molecule has 0 bridgehead atoms. The third-order valence-corrected chi connectivity index (χ3v) is 4.20. The Balaban J connectivity index is 4.38. The molecule has 0 radical (unpaired) electrons. The quantitative estimate of drug-likeness (QED) is 0.756. The second-order valence-electron chi connectivity index (χ2n) is 5.14. The summed E-state index contributed by atoms with van der Waals surface area (Å²) >= 11 is 0. The van der Waals surface area contributed by atoms with Crippen molar-refractivity contribution in [3.8, 4) is 0 Å². The van der Waals surface area contributed by atoms with Crippen molar-refractivity contribution in [3.63, 3.8) is 0 Å². The summed E-state index contributed by atoms with van der Waals surface area (Å²) < 4.78 is 22.0. The van der Waals surface area contributed by atoms with E-state index >= 15 is 0 Å². The fourth-order valence-corrected chi connectivity index (χ4v) is 0.943. The van der Waals surface area contributed by atoms with Gasteiger partial charge in [-0.1, -0.05) is 0 Å². The maximum absolute atomic E-state index is 11.3. The minimum Gasteiger partial charge on any atom is -0.311 e. The van der Waals surface area contributed by atoms with E-state index in [2.05, 4.69) is 5.32 Å². The summed E-state index contributed by atoms with van der Waals surface area (Å²) in [7, 11) is -2.99. The van der Waals surface area contributed by atoms with Crippen LogP contribution in [0.1, 0.15) is 34.6 Å². The van der Waals surface area contributed by atoms with Crippen molar-refractivity contribution in [2.45, 2.75) is 44.9 Å². The van der Waals surface area contributed by atoms with Crippen molar-refractivity contribution in [1.29, 1.82) is 0 Å². The summed E-state index contributed by atoms with van der Waals surface area (Å²) in [4.78, 5) is 0. The van der Waals surface area contributed by atoms with Crippen molar-refractivity contribution in [3.05, 3.63) is 0 Å². The van der Waals surface area contributed by atoms with E-state index in [4.69, 9.17) is 0 Å². The van der Waals surface area contributed by atoms with E-state index in [1.54, 1.807) is 13.8 Å². The van der Waals surface area contributed by atoms with Crippen LogP contribution in [-0.2, 0) is 9.84 Å². The highest BCUT2D eigenvalue weighted by molar-refractivity contribution is 7.92. The third-order valence-electron chi connectivity index (χ3n) is 2.05. The Kier molecular flexibility index (Phi) is 3.55. The van der Waals surface area contributed by atoms with Gasteiger partial charge in [0.25, 0.3) is 0 Å². The lowest BCUT2D eigenvalue weighted by atomic mass is 10.1. The number of nitrogens with one attached hydrogen (secondary N) is 1. The number of rotatable bonds is 3. The van der Waals surface area contributed by atoms with Gasteiger partial charge in [-0.05, 0) is 34.6 Å². The van der Waals surface area contributed by atoms with Gasteiger partial charge in [0.15, 0.2) is 9.84 Å². The highest BCUT2D eigenvalue weighted by atomic mass is 32.2. The molecule has 0 amide bonds. The van der Waals surface area contributed by atoms with Crippen LogP contribution in [0.4, 0.5) is 0 Å². The summed E-state index contributed by atoms with van der Waals surface area (Å²) in [5.41, 5.74) is -0.0397. The molecule has 80 valence electrons. The maximum atomic E-state index is 11.3. The average Bonchev–Trinajstić information content (AvgIpc) is 1.79. The van der Waals surface area contributed by atoms with E-state index in [1.807, 2.05) is 20.8 Å². The van der Waals surface area contributed by atoms with Crippen LogP contribution in [0.5, 0.6) is 0 Å². The molecule has 0 aliphatic heterocycles. The molecule has 0 aromatic rings. The smallest absolute Gasteiger partial charge is 0.153 e. The van der Waals surface area contributed by atoms with Crippen molar-refractivity contribution < 1.29 is 8.42 Å². The van der Waals surface area contributed by atoms with E-state index in [0.29, 0.717) is 6.54 Å². The largest absolute Gasteiger partial charge is 0.311 e. The zero-order valence-corrected chi connectivity index (χ0v) is 10.2. The van der Waals surface area contributed by atoms with Crippen LogP contribution >= 0.6 is 0 Å². The summed E-state index contributed by atoms with van der Waals surface area (Å²) in [6.45, 7) is 10.0. The van der Waals surface area contributed by atoms with Crippen molar-refractivity contribution >= 4 is 9.84 Å². The molecule has 0 saturated heterocycles. The van der Waals surface area contributed by atoms with Crippen LogP contribution in [0, 0.1) is 0 Å². The van der Waals surface area contributed by atoms with Gasteiger partial charge in [-0.3, -0.25) is 0 Å². The van der Waals surface area contributed by atoms with Crippen LogP contribution in [-0.4, -0.2) is 31.5 Å². The molecule has 0 heterocycles. The summed E-state index contributed by atoms with van der Waals surface area (Å²) in [6, 6.07) is 0. The molecule has 0 fully saturated rings. The van der Waals surface area contributed by atoms with Gasteiger partial charge in [-0.25, -0.2) is 8.42 Å². The average molecular weight is 207 g/mol. The number of hydrogen-bond acceptors (Lipinski definition) is 3. The van der Waals surface area contributed by atoms with E-state index < -0.39 is 14.6 Å². The molecule has 1 N–H and O–H groups in total. The van der Waals surface area contributed by atoms with E-state index in [1.165, 1.54) is 6.26 Å². The van der Waals surface area contributed by atoms with Gasteiger partial charge in [0.05, 0.1) is 4.75 Å². The molecule has 0 atom stereocenters. The monoisotopic (exact) mass is 207 g/mol. The first-order valence-electron chi connectivity index (χ1n) is 4.40. The van der Waals surface area contributed by atoms with E-state index in [0.717, 1.165) is 0 Å². The molecule has 0 spiro atoms. The molecule has 0 aromatic heterocycles. The van der Waals surface area contributed by atoms with Gasteiger partial charge >= 0.3 is 0 Å². The molecule has 0 rings (SSSR count). The van der Waals surface area contributed by atoms with Crippen LogP contribution in [0.3, 0.4) is 0 Å². The standard InChI is InChI=1S/C9H21NO2S/c1-8(2,3)10-7-9(4,5)13(6,11)12/h10H,7H2,1-6H3. The molecule has 0 aromatic carbocycles. The van der Waals surface area contributed by atoms with Crippen LogP contribution in [0.15, 0.2) is 0 Å². The van der Waals surface area contributed by atoms with E-state index in [-0.39, 0.29) is 5.54 Å². The molecule has 3 nitrogen and oxygen atoms in total. The number of sulfone groups is 1. The normalized spacial score (nSPS) is 14.6. The molecule has 4 heteroatoms. The lowest BCUT2D eigenvalue weighted by molar-refractivity contribution is 0.398. The van der Waals surface area contributed by atoms with Crippen molar-refractivity contribution in [1.82, 2.24) is 5.32 Å².